The smallest absolute Gasteiger partial charge is 0.0467 e. The van der Waals surface area contributed by atoms with Crippen molar-refractivity contribution in [3.63, 3.8) is 0 Å². The van der Waals surface area contributed by atoms with Crippen molar-refractivity contribution in [2.75, 3.05) is 4.90 Å². The third-order valence-electron chi connectivity index (χ3n) is 13.5. The first-order valence-electron chi connectivity index (χ1n) is 21.5. The van der Waals surface area contributed by atoms with Crippen LogP contribution in [0.1, 0.15) is 49.9 Å². The van der Waals surface area contributed by atoms with E-state index in [-0.39, 0.29) is 10.8 Å². The zero-order valence-corrected chi connectivity index (χ0v) is 35.2. The largest absolute Gasteiger partial charge is 0.310 e. The molecule has 0 saturated carbocycles. The van der Waals surface area contributed by atoms with Crippen molar-refractivity contribution in [1.29, 1.82) is 0 Å². The molecular weight excluding hydrogens is 735 g/mol. The summed E-state index contributed by atoms with van der Waals surface area (Å²) >= 11 is 0. The molecule has 0 heterocycles. The van der Waals surface area contributed by atoms with Gasteiger partial charge in [-0.1, -0.05) is 185 Å². The highest BCUT2D eigenvalue weighted by Crippen LogP contribution is 2.51. The Morgan fingerprint density at radius 1 is 0.246 bits per heavy atom. The molecule has 0 bridgehead atoms. The minimum absolute atomic E-state index is 0.0262. The molecule has 11 rings (SSSR count). The van der Waals surface area contributed by atoms with Crippen LogP contribution in [0.25, 0.3) is 66.8 Å². The number of anilines is 3. The van der Waals surface area contributed by atoms with Gasteiger partial charge in [0.1, 0.15) is 0 Å². The van der Waals surface area contributed by atoms with Gasteiger partial charge >= 0.3 is 0 Å². The summed E-state index contributed by atoms with van der Waals surface area (Å²) in [6, 6.07) is 78.5. The molecule has 0 fully saturated rings. The van der Waals surface area contributed by atoms with Crippen LogP contribution in [0.2, 0.25) is 0 Å². The molecule has 1 nitrogen and oxygen atoms in total. The van der Waals surface area contributed by atoms with E-state index in [0.717, 1.165) is 17.1 Å². The molecule has 0 spiro atoms. The molecule has 0 aromatic heterocycles. The summed E-state index contributed by atoms with van der Waals surface area (Å²) < 4.78 is 0. The Hall–Kier alpha value is -7.22. The van der Waals surface area contributed by atoms with Crippen molar-refractivity contribution >= 4 is 17.1 Å². The third-order valence-corrected chi connectivity index (χ3v) is 13.5. The Morgan fingerprint density at radius 3 is 1.11 bits per heavy atom. The Bertz CT molecular complexity index is 2980. The highest BCUT2D eigenvalue weighted by molar-refractivity contribution is 5.89. The van der Waals surface area contributed by atoms with Crippen molar-refractivity contribution in [1.82, 2.24) is 0 Å². The molecule has 0 amide bonds. The Kier molecular flexibility index (Phi) is 8.58. The van der Waals surface area contributed by atoms with Gasteiger partial charge < -0.3 is 4.90 Å². The Labute approximate surface area is 360 Å². The van der Waals surface area contributed by atoms with Gasteiger partial charge in [-0.25, -0.2) is 0 Å². The molecule has 0 saturated heterocycles. The monoisotopic (exact) mass is 781 g/mol. The van der Waals surface area contributed by atoms with Crippen LogP contribution in [0.15, 0.2) is 212 Å². The molecule has 292 valence electrons. The molecule has 9 aromatic rings. The molecule has 9 aromatic carbocycles. The number of hydrogen-bond donors (Lipinski definition) is 0. The first-order chi connectivity index (χ1) is 29.7. The fraction of sp³-hybridized carbons (Fsp3) is 0.100. The van der Waals surface area contributed by atoms with E-state index in [9.17, 15) is 0 Å². The summed E-state index contributed by atoms with van der Waals surface area (Å²) in [6.07, 6.45) is 0. The molecule has 0 radical (unpaired) electrons. The highest BCUT2D eigenvalue weighted by Gasteiger charge is 2.36. The van der Waals surface area contributed by atoms with Gasteiger partial charge in [-0.3, -0.25) is 0 Å². The van der Waals surface area contributed by atoms with E-state index < -0.39 is 0 Å². The summed E-state index contributed by atoms with van der Waals surface area (Å²) in [5.74, 6) is 0. The second kappa shape index (κ2) is 14.2. The van der Waals surface area contributed by atoms with Gasteiger partial charge in [-0.05, 0) is 144 Å². The summed E-state index contributed by atoms with van der Waals surface area (Å²) in [7, 11) is 0. The second-order valence-corrected chi connectivity index (χ2v) is 17.8. The van der Waals surface area contributed by atoms with Gasteiger partial charge in [0.2, 0.25) is 0 Å². The fourth-order valence-corrected chi connectivity index (χ4v) is 10.2. The second-order valence-electron chi connectivity index (χ2n) is 17.8. The quantitative estimate of drug-likeness (QED) is 0.156. The van der Waals surface area contributed by atoms with E-state index in [4.69, 9.17) is 0 Å². The van der Waals surface area contributed by atoms with E-state index in [1.165, 1.54) is 89.0 Å². The molecule has 2 aliphatic rings. The van der Waals surface area contributed by atoms with Gasteiger partial charge in [0.15, 0.2) is 0 Å². The van der Waals surface area contributed by atoms with Crippen LogP contribution in [-0.4, -0.2) is 0 Å². The van der Waals surface area contributed by atoms with Crippen LogP contribution in [0, 0.1) is 0 Å². The molecule has 61 heavy (non-hydrogen) atoms. The highest BCUT2D eigenvalue weighted by atomic mass is 15.1. The predicted octanol–water partition coefficient (Wildman–Crippen LogP) is 16.4. The van der Waals surface area contributed by atoms with E-state index in [1.807, 2.05) is 0 Å². The SMILES string of the molecule is CC1(C)c2ccccc2-c2cc(-c3cccc(N(c4ccc(-c5cccc(-c6ccccc6)c5)cc4)c4cccc(-c5ccc6c(c5)-c5ccccc5C6(C)C)c4)c3)ccc21. The van der Waals surface area contributed by atoms with Gasteiger partial charge in [0, 0.05) is 27.9 Å². The number of hydrogen-bond acceptors (Lipinski definition) is 1. The predicted molar refractivity (Wildman–Crippen MR) is 258 cm³/mol. The van der Waals surface area contributed by atoms with E-state index in [2.05, 4.69) is 245 Å². The van der Waals surface area contributed by atoms with Crippen molar-refractivity contribution in [2.24, 2.45) is 0 Å². The van der Waals surface area contributed by atoms with Gasteiger partial charge in [0.25, 0.3) is 0 Å². The summed E-state index contributed by atoms with van der Waals surface area (Å²) in [4.78, 5) is 2.41. The van der Waals surface area contributed by atoms with Crippen molar-refractivity contribution < 1.29 is 0 Å². The van der Waals surface area contributed by atoms with Crippen molar-refractivity contribution in [3.8, 4) is 66.8 Å². The van der Waals surface area contributed by atoms with Crippen LogP contribution >= 0.6 is 0 Å². The first kappa shape index (κ1) is 36.8. The molecule has 0 aliphatic heterocycles. The lowest BCUT2D eigenvalue weighted by Gasteiger charge is -2.27. The maximum absolute atomic E-state index is 2.41. The topological polar surface area (TPSA) is 3.24 Å². The number of nitrogens with zero attached hydrogens (tertiary/aromatic N) is 1. The lowest BCUT2D eigenvalue weighted by Crippen LogP contribution is -2.14. The van der Waals surface area contributed by atoms with E-state index in [1.54, 1.807) is 0 Å². The molecule has 1 heteroatoms. The number of rotatable bonds is 7. The molecule has 2 aliphatic carbocycles. The minimum atomic E-state index is -0.0262. The van der Waals surface area contributed by atoms with Crippen LogP contribution in [-0.2, 0) is 10.8 Å². The first-order valence-corrected chi connectivity index (χ1v) is 21.5. The van der Waals surface area contributed by atoms with E-state index >= 15 is 0 Å². The summed E-state index contributed by atoms with van der Waals surface area (Å²) in [5.41, 5.74) is 23.8. The Morgan fingerprint density at radius 2 is 0.607 bits per heavy atom. The summed E-state index contributed by atoms with van der Waals surface area (Å²) in [6.45, 7) is 9.38. The van der Waals surface area contributed by atoms with Gasteiger partial charge in [0.05, 0.1) is 0 Å². The molecule has 0 unspecified atom stereocenters. The lowest BCUT2D eigenvalue weighted by atomic mass is 9.82. The molecule has 0 atom stereocenters. The van der Waals surface area contributed by atoms with E-state index in [0.29, 0.717) is 0 Å². The zero-order valence-electron chi connectivity index (χ0n) is 35.2. The molecular formula is C60H47N. The Balaban J connectivity index is 1.01. The van der Waals surface area contributed by atoms with Crippen molar-refractivity contribution in [2.45, 2.75) is 38.5 Å². The normalized spacial score (nSPS) is 13.8. The minimum Gasteiger partial charge on any atom is -0.310 e. The number of benzene rings is 9. The van der Waals surface area contributed by atoms with Gasteiger partial charge in [-0.2, -0.15) is 0 Å². The lowest BCUT2D eigenvalue weighted by molar-refractivity contribution is 0.660. The maximum Gasteiger partial charge on any atom is 0.0467 e. The molecule has 0 N–H and O–H groups in total. The number of fused-ring (bicyclic) bond motifs is 6. The third kappa shape index (κ3) is 6.15. The van der Waals surface area contributed by atoms with Crippen molar-refractivity contribution in [3.05, 3.63) is 235 Å². The van der Waals surface area contributed by atoms with Crippen LogP contribution in [0.3, 0.4) is 0 Å². The zero-order chi connectivity index (χ0) is 41.3. The van der Waals surface area contributed by atoms with Crippen LogP contribution in [0.5, 0.6) is 0 Å². The fourth-order valence-electron chi connectivity index (χ4n) is 10.2. The average molecular weight is 782 g/mol. The standard InChI is InChI=1S/C60H47N/c1-59(2)55-25-10-8-23-51(55)53-38-46(29-33-57(53)59)44-19-13-21-49(36-44)61(48-31-27-41(28-32-48)43-18-12-17-42(35-43)40-15-6-5-7-16-40)50-22-14-20-45(37-50)47-30-34-58-54(39-47)52-24-9-11-26-56(52)60(58,3)4/h5-39H,1-4H3. The average Bonchev–Trinajstić information content (AvgIpc) is 3.69. The maximum atomic E-state index is 2.41. The summed E-state index contributed by atoms with van der Waals surface area (Å²) in [5, 5.41) is 0. The van der Waals surface area contributed by atoms with Crippen LogP contribution < -0.4 is 4.90 Å². The van der Waals surface area contributed by atoms with Gasteiger partial charge in [-0.15, -0.1) is 0 Å². The van der Waals surface area contributed by atoms with Crippen LogP contribution in [0.4, 0.5) is 17.1 Å².